The molecule has 0 fully saturated rings. The van der Waals surface area contributed by atoms with Gasteiger partial charge >= 0.3 is 5.97 Å². The monoisotopic (exact) mass is 210 g/mol. The normalized spacial score (nSPS) is 14.6. The van der Waals surface area contributed by atoms with Crippen LogP contribution in [-0.2, 0) is 11.2 Å². The van der Waals surface area contributed by atoms with Gasteiger partial charge in [0.1, 0.15) is 5.82 Å². The first-order chi connectivity index (χ1) is 6.99. The predicted octanol–water partition coefficient (Wildman–Crippen LogP) is 2.87. The maximum atomic E-state index is 13.3. The number of carboxylic acids is 1. The Morgan fingerprint density at radius 2 is 2.07 bits per heavy atom. The Balaban J connectivity index is 2.94. The minimum atomic E-state index is -0.887. The highest BCUT2D eigenvalue weighted by Crippen LogP contribution is 2.27. The smallest absolute Gasteiger partial charge is 0.309 e. The van der Waals surface area contributed by atoms with E-state index in [4.69, 9.17) is 5.11 Å². The molecule has 1 unspecified atom stereocenters. The Kier molecular flexibility index (Phi) is 3.45. The summed E-state index contributed by atoms with van der Waals surface area (Å²) in [5.74, 6) is -1.22. The molecule has 15 heavy (non-hydrogen) atoms. The van der Waals surface area contributed by atoms with Gasteiger partial charge in [0.05, 0.1) is 5.41 Å². The number of aliphatic carboxylic acids is 1. The lowest BCUT2D eigenvalue weighted by Gasteiger charge is -2.23. The summed E-state index contributed by atoms with van der Waals surface area (Å²) in [6, 6.07) is 6.30. The van der Waals surface area contributed by atoms with Crippen molar-refractivity contribution in [2.24, 2.45) is 5.41 Å². The highest BCUT2D eigenvalue weighted by atomic mass is 19.1. The van der Waals surface area contributed by atoms with Crippen LogP contribution >= 0.6 is 0 Å². The maximum Gasteiger partial charge on any atom is 0.309 e. The standard InChI is InChI=1S/C12H15FO2/c1-3-12(2,11(14)15)8-9-6-4-5-7-10(9)13/h4-7H,3,8H2,1-2H3,(H,14,15). The van der Waals surface area contributed by atoms with Gasteiger partial charge in [0.25, 0.3) is 0 Å². The first-order valence-corrected chi connectivity index (χ1v) is 4.96. The van der Waals surface area contributed by atoms with Crippen molar-refractivity contribution in [2.75, 3.05) is 0 Å². The lowest BCUT2D eigenvalue weighted by atomic mass is 9.81. The molecule has 0 aliphatic carbocycles. The van der Waals surface area contributed by atoms with Crippen molar-refractivity contribution < 1.29 is 14.3 Å². The van der Waals surface area contributed by atoms with Crippen molar-refractivity contribution in [1.82, 2.24) is 0 Å². The zero-order valence-corrected chi connectivity index (χ0v) is 8.96. The summed E-state index contributed by atoms with van der Waals surface area (Å²) in [5.41, 5.74) is -0.424. The molecule has 0 aliphatic rings. The number of benzene rings is 1. The lowest BCUT2D eigenvalue weighted by Crippen LogP contribution is -2.29. The Bertz CT molecular complexity index is 362. The van der Waals surface area contributed by atoms with Crippen LogP contribution in [0.1, 0.15) is 25.8 Å². The van der Waals surface area contributed by atoms with Crippen molar-refractivity contribution in [3.63, 3.8) is 0 Å². The number of rotatable bonds is 4. The van der Waals surface area contributed by atoms with Gasteiger partial charge in [0.2, 0.25) is 0 Å². The van der Waals surface area contributed by atoms with E-state index < -0.39 is 11.4 Å². The van der Waals surface area contributed by atoms with Gasteiger partial charge in [-0.2, -0.15) is 0 Å². The van der Waals surface area contributed by atoms with Crippen molar-refractivity contribution in [1.29, 1.82) is 0 Å². The molecule has 0 saturated heterocycles. The van der Waals surface area contributed by atoms with Gasteiger partial charge in [-0.15, -0.1) is 0 Å². The zero-order valence-electron chi connectivity index (χ0n) is 8.96. The molecule has 0 heterocycles. The highest BCUT2D eigenvalue weighted by molar-refractivity contribution is 5.74. The van der Waals surface area contributed by atoms with Gasteiger partial charge < -0.3 is 5.11 Å². The quantitative estimate of drug-likeness (QED) is 0.829. The third-order valence-corrected chi connectivity index (χ3v) is 2.84. The van der Waals surface area contributed by atoms with E-state index in [-0.39, 0.29) is 12.2 Å². The van der Waals surface area contributed by atoms with Crippen molar-refractivity contribution in [2.45, 2.75) is 26.7 Å². The van der Waals surface area contributed by atoms with E-state index >= 15 is 0 Å². The molecule has 0 saturated carbocycles. The predicted molar refractivity (Wildman–Crippen MR) is 56.1 cm³/mol. The molecule has 2 nitrogen and oxygen atoms in total. The maximum absolute atomic E-state index is 13.3. The molecule has 0 bridgehead atoms. The van der Waals surface area contributed by atoms with Crippen LogP contribution in [0.3, 0.4) is 0 Å². The van der Waals surface area contributed by atoms with Gasteiger partial charge in [-0.3, -0.25) is 4.79 Å². The second-order valence-corrected chi connectivity index (χ2v) is 3.99. The van der Waals surface area contributed by atoms with Crippen molar-refractivity contribution in [3.05, 3.63) is 35.6 Å². The first kappa shape index (κ1) is 11.7. The lowest BCUT2D eigenvalue weighted by molar-refractivity contribution is -0.148. The third kappa shape index (κ3) is 2.55. The first-order valence-electron chi connectivity index (χ1n) is 4.96. The SMILES string of the molecule is CCC(C)(Cc1ccccc1F)C(=O)O. The average molecular weight is 210 g/mol. The summed E-state index contributed by atoms with van der Waals surface area (Å²) in [6.45, 7) is 3.44. The van der Waals surface area contributed by atoms with Crippen molar-refractivity contribution in [3.8, 4) is 0 Å². The molecule has 0 aromatic heterocycles. The van der Waals surface area contributed by atoms with E-state index in [0.29, 0.717) is 12.0 Å². The Morgan fingerprint density at radius 3 is 2.53 bits per heavy atom. The Morgan fingerprint density at radius 1 is 1.47 bits per heavy atom. The van der Waals surface area contributed by atoms with Crippen LogP contribution < -0.4 is 0 Å². The topological polar surface area (TPSA) is 37.3 Å². The molecule has 1 rings (SSSR count). The van der Waals surface area contributed by atoms with Crippen LogP contribution in [0.15, 0.2) is 24.3 Å². The number of hydrogen-bond donors (Lipinski definition) is 1. The summed E-state index contributed by atoms with van der Waals surface area (Å²) in [4.78, 5) is 11.0. The molecule has 82 valence electrons. The Hall–Kier alpha value is -1.38. The van der Waals surface area contributed by atoms with Crippen molar-refractivity contribution >= 4 is 5.97 Å². The minimum absolute atomic E-state index is 0.228. The number of carbonyl (C=O) groups is 1. The molecular formula is C12H15FO2. The van der Waals surface area contributed by atoms with E-state index in [9.17, 15) is 9.18 Å². The van der Waals surface area contributed by atoms with E-state index in [1.165, 1.54) is 6.07 Å². The highest BCUT2D eigenvalue weighted by Gasteiger charge is 2.31. The van der Waals surface area contributed by atoms with Gasteiger partial charge in [-0.1, -0.05) is 25.1 Å². The Labute approximate surface area is 88.7 Å². The fraction of sp³-hybridized carbons (Fsp3) is 0.417. The molecule has 0 aliphatic heterocycles. The second-order valence-electron chi connectivity index (χ2n) is 3.99. The molecule has 1 aromatic rings. The molecule has 3 heteroatoms. The van der Waals surface area contributed by atoms with Crippen LogP contribution in [0, 0.1) is 11.2 Å². The van der Waals surface area contributed by atoms with E-state index in [1.807, 2.05) is 0 Å². The fourth-order valence-corrected chi connectivity index (χ4v) is 1.41. The average Bonchev–Trinajstić information content (AvgIpc) is 2.21. The molecular weight excluding hydrogens is 195 g/mol. The van der Waals surface area contributed by atoms with E-state index in [0.717, 1.165) is 0 Å². The summed E-state index contributed by atoms with van der Waals surface area (Å²) in [5, 5.41) is 9.06. The zero-order chi connectivity index (χ0) is 11.5. The molecule has 1 atom stereocenters. The summed E-state index contributed by atoms with van der Waals surface area (Å²) < 4.78 is 13.3. The van der Waals surface area contributed by atoms with Gasteiger partial charge in [-0.25, -0.2) is 4.39 Å². The van der Waals surface area contributed by atoms with Crippen LogP contribution in [0.5, 0.6) is 0 Å². The van der Waals surface area contributed by atoms with E-state index in [2.05, 4.69) is 0 Å². The summed E-state index contributed by atoms with van der Waals surface area (Å²) in [7, 11) is 0. The minimum Gasteiger partial charge on any atom is -0.481 e. The number of carboxylic acid groups (broad SMARTS) is 1. The summed E-state index contributed by atoms with van der Waals surface area (Å²) >= 11 is 0. The summed E-state index contributed by atoms with van der Waals surface area (Å²) in [6.07, 6.45) is 0.710. The van der Waals surface area contributed by atoms with Gasteiger partial charge in [-0.05, 0) is 31.4 Å². The molecule has 1 N–H and O–H groups in total. The molecule has 0 spiro atoms. The number of halogens is 1. The molecule has 1 aromatic carbocycles. The van der Waals surface area contributed by atoms with Crippen LogP contribution in [0.25, 0.3) is 0 Å². The number of hydrogen-bond acceptors (Lipinski definition) is 1. The van der Waals surface area contributed by atoms with Gasteiger partial charge in [0, 0.05) is 0 Å². The van der Waals surface area contributed by atoms with Crippen LogP contribution in [0.4, 0.5) is 4.39 Å². The fourth-order valence-electron chi connectivity index (χ4n) is 1.41. The van der Waals surface area contributed by atoms with E-state index in [1.54, 1.807) is 32.0 Å². The second kappa shape index (κ2) is 4.43. The largest absolute Gasteiger partial charge is 0.481 e. The van der Waals surface area contributed by atoms with Crippen LogP contribution in [-0.4, -0.2) is 11.1 Å². The molecule has 0 radical (unpaired) electrons. The van der Waals surface area contributed by atoms with Gasteiger partial charge in [0.15, 0.2) is 0 Å². The van der Waals surface area contributed by atoms with Crippen LogP contribution in [0.2, 0.25) is 0 Å². The third-order valence-electron chi connectivity index (χ3n) is 2.84. The molecule has 0 amide bonds.